The highest BCUT2D eigenvalue weighted by atomic mass is 32.2. The summed E-state index contributed by atoms with van der Waals surface area (Å²) in [5.74, 6) is 0.917. The number of benzene rings is 1. The first-order chi connectivity index (χ1) is 14.5. The van der Waals surface area contributed by atoms with Crippen molar-refractivity contribution in [2.45, 2.75) is 76.7 Å². The largest absolute Gasteiger partial charge is 0.353 e. The first kappa shape index (κ1) is 22.3. The van der Waals surface area contributed by atoms with Crippen molar-refractivity contribution in [2.24, 2.45) is 0 Å². The Labute approximate surface area is 182 Å². The van der Waals surface area contributed by atoms with Gasteiger partial charge in [-0.3, -0.25) is 9.59 Å². The molecule has 30 heavy (non-hydrogen) atoms. The average molecular weight is 430 g/mol. The number of aromatic nitrogens is 3. The molecule has 1 atom stereocenters. The lowest BCUT2D eigenvalue weighted by molar-refractivity contribution is -0.119. The number of aryl methyl sites for hydroxylation is 1. The molecule has 0 radical (unpaired) electrons. The van der Waals surface area contributed by atoms with Crippen LogP contribution in [-0.4, -0.2) is 38.4 Å². The highest BCUT2D eigenvalue weighted by Crippen LogP contribution is 2.22. The molecule has 0 unspecified atom stereocenters. The molecule has 8 heteroatoms. The number of carbonyl (C=O) groups excluding carboxylic acids is 2. The number of hydrogen-bond donors (Lipinski definition) is 2. The summed E-state index contributed by atoms with van der Waals surface area (Å²) in [5, 5.41) is 15.4. The number of thioether (sulfide) groups is 1. The Morgan fingerprint density at radius 2 is 1.93 bits per heavy atom. The van der Waals surface area contributed by atoms with Gasteiger partial charge in [-0.1, -0.05) is 49.2 Å². The maximum atomic E-state index is 12.6. The number of carbonyl (C=O) groups is 2. The van der Waals surface area contributed by atoms with Crippen molar-refractivity contribution in [3.8, 4) is 0 Å². The quantitative estimate of drug-likeness (QED) is 0.626. The van der Waals surface area contributed by atoms with E-state index in [1.54, 1.807) is 0 Å². The normalized spacial score (nSPS) is 15.6. The van der Waals surface area contributed by atoms with Gasteiger partial charge in [0, 0.05) is 18.2 Å². The zero-order valence-electron chi connectivity index (χ0n) is 18.0. The number of nitrogens with zero attached hydrogens (tertiary/aromatic N) is 3. The highest BCUT2D eigenvalue weighted by molar-refractivity contribution is 7.99. The lowest BCUT2D eigenvalue weighted by atomic mass is 9.95. The van der Waals surface area contributed by atoms with Gasteiger partial charge in [-0.25, -0.2) is 0 Å². The van der Waals surface area contributed by atoms with Crippen molar-refractivity contribution in [2.75, 3.05) is 5.75 Å². The fourth-order valence-corrected chi connectivity index (χ4v) is 4.66. The molecule has 1 fully saturated rings. The van der Waals surface area contributed by atoms with E-state index in [0.29, 0.717) is 34.9 Å². The van der Waals surface area contributed by atoms with Crippen molar-refractivity contribution in [3.05, 3.63) is 41.2 Å². The van der Waals surface area contributed by atoms with E-state index >= 15 is 0 Å². The van der Waals surface area contributed by atoms with Crippen LogP contribution in [-0.2, 0) is 11.3 Å². The standard InChI is InChI=1S/C22H31N5O2S/c1-4-27-20(16(3)23-21(29)18-13-9-8-10-15(18)2)25-26-22(27)30-14-19(28)24-17-11-6-5-7-12-17/h8-10,13,16-17H,4-7,11-12,14H2,1-3H3,(H,23,29)(H,24,28)/t16-/m1/s1. The van der Waals surface area contributed by atoms with E-state index in [1.165, 1.54) is 31.0 Å². The van der Waals surface area contributed by atoms with Gasteiger partial charge in [0.05, 0.1) is 11.8 Å². The van der Waals surface area contributed by atoms with Gasteiger partial charge in [0.1, 0.15) is 0 Å². The zero-order chi connectivity index (χ0) is 21.5. The fraction of sp³-hybridized carbons (Fsp3) is 0.545. The van der Waals surface area contributed by atoms with Crippen molar-refractivity contribution < 1.29 is 9.59 Å². The molecule has 1 aromatic heterocycles. The minimum atomic E-state index is -0.296. The van der Waals surface area contributed by atoms with Crippen LogP contribution in [0.1, 0.15) is 73.7 Å². The molecule has 1 aromatic carbocycles. The molecule has 1 heterocycles. The Bertz CT molecular complexity index is 876. The third kappa shape index (κ3) is 5.62. The monoisotopic (exact) mass is 429 g/mol. The number of nitrogens with one attached hydrogen (secondary N) is 2. The van der Waals surface area contributed by atoms with E-state index in [0.717, 1.165) is 18.4 Å². The van der Waals surface area contributed by atoms with Crippen LogP contribution in [0.3, 0.4) is 0 Å². The van der Waals surface area contributed by atoms with E-state index < -0.39 is 0 Å². The maximum Gasteiger partial charge on any atom is 0.252 e. The molecule has 2 N–H and O–H groups in total. The second-order valence-corrected chi connectivity index (χ2v) is 8.73. The van der Waals surface area contributed by atoms with E-state index in [4.69, 9.17) is 0 Å². The van der Waals surface area contributed by atoms with Crippen LogP contribution >= 0.6 is 11.8 Å². The van der Waals surface area contributed by atoms with Gasteiger partial charge in [-0.05, 0) is 45.2 Å². The summed E-state index contributed by atoms with van der Waals surface area (Å²) in [6, 6.07) is 7.51. The molecule has 0 saturated heterocycles. The summed E-state index contributed by atoms with van der Waals surface area (Å²) in [6.07, 6.45) is 5.80. The predicted octanol–water partition coefficient (Wildman–Crippen LogP) is 3.64. The summed E-state index contributed by atoms with van der Waals surface area (Å²) >= 11 is 1.39. The van der Waals surface area contributed by atoms with Gasteiger partial charge < -0.3 is 15.2 Å². The molecule has 0 aliphatic heterocycles. The van der Waals surface area contributed by atoms with E-state index in [2.05, 4.69) is 20.8 Å². The summed E-state index contributed by atoms with van der Waals surface area (Å²) in [5.41, 5.74) is 1.58. The van der Waals surface area contributed by atoms with Gasteiger partial charge in [0.15, 0.2) is 11.0 Å². The SMILES string of the molecule is CCn1c(SCC(=O)NC2CCCCC2)nnc1[C@@H](C)NC(=O)c1ccccc1C. The Morgan fingerprint density at radius 1 is 1.20 bits per heavy atom. The lowest BCUT2D eigenvalue weighted by Crippen LogP contribution is -2.37. The highest BCUT2D eigenvalue weighted by Gasteiger charge is 2.21. The third-order valence-corrected chi connectivity index (χ3v) is 6.46. The van der Waals surface area contributed by atoms with Gasteiger partial charge in [0.25, 0.3) is 5.91 Å². The minimum Gasteiger partial charge on any atom is -0.353 e. The zero-order valence-corrected chi connectivity index (χ0v) is 18.8. The first-order valence-corrected chi connectivity index (χ1v) is 11.7. The van der Waals surface area contributed by atoms with E-state index in [9.17, 15) is 9.59 Å². The summed E-state index contributed by atoms with van der Waals surface area (Å²) in [7, 11) is 0. The van der Waals surface area contributed by atoms with Crippen LogP contribution in [0.25, 0.3) is 0 Å². The molecular formula is C22H31N5O2S. The van der Waals surface area contributed by atoms with Crippen LogP contribution in [0, 0.1) is 6.92 Å². The average Bonchev–Trinajstić information content (AvgIpc) is 3.16. The Kier molecular flexibility index (Phi) is 7.90. The van der Waals surface area contributed by atoms with Gasteiger partial charge in [0.2, 0.25) is 5.91 Å². The number of rotatable bonds is 8. The lowest BCUT2D eigenvalue weighted by Gasteiger charge is -2.22. The molecule has 0 spiro atoms. The van der Waals surface area contributed by atoms with Gasteiger partial charge in [-0.15, -0.1) is 10.2 Å². The summed E-state index contributed by atoms with van der Waals surface area (Å²) in [6.45, 7) is 6.49. The topological polar surface area (TPSA) is 88.9 Å². The predicted molar refractivity (Wildman–Crippen MR) is 118 cm³/mol. The van der Waals surface area contributed by atoms with Crippen molar-refractivity contribution in [1.82, 2.24) is 25.4 Å². The molecular weight excluding hydrogens is 398 g/mol. The summed E-state index contributed by atoms with van der Waals surface area (Å²) in [4.78, 5) is 24.9. The van der Waals surface area contributed by atoms with Crippen LogP contribution in [0.4, 0.5) is 0 Å². The number of hydrogen-bond acceptors (Lipinski definition) is 5. The van der Waals surface area contributed by atoms with Crippen LogP contribution in [0.15, 0.2) is 29.4 Å². The fourth-order valence-electron chi connectivity index (χ4n) is 3.84. The molecule has 7 nitrogen and oxygen atoms in total. The number of amides is 2. The van der Waals surface area contributed by atoms with Crippen molar-refractivity contribution in [3.63, 3.8) is 0 Å². The van der Waals surface area contributed by atoms with Gasteiger partial charge in [-0.2, -0.15) is 0 Å². The Morgan fingerprint density at radius 3 is 2.63 bits per heavy atom. The molecule has 1 aliphatic carbocycles. The third-order valence-electron chi connectivity index (χ3n) is 5.49. The Hall–Kier alpha value is -2.35. The van der Waals surface area contributed by atoms with Gasteiger partial charge >= 0.3 is 0 Å². The molecule has 2 aromatic rings. The van der Waals surface area contributed by atoms with Crippen LogP contribution in [0.5, 0.6) is 0 Å². The smallest absolute Gasteiger partial charge is 0.252 e. The molecule has 2 amide bonds. The minimum absolute atomic E-state index is 0.0417. The second kappa shape index (κ2) is 10.6. The van der Waals surface area contributed by atoms with Crippen LogP contribution in [0.2, 0.25) is 0 Å². The molecule has 1 aliphatic rings. The molecule has 3 rings (SSSR count). The van der Waals surface area contributed by atoms with E-state index in [-0.39, 0.29) is 17.9 Å². The molecule has 162 valence electrons. The first-order valence-electron chi connectivity index (χ1n) is 10.7. The second-order valence-electron chi connectivity index (χ2n) is 7.79. The molecule has 1 saturated carbocycles. The molecule has 0 bridgehead atoms. The van der Waals surface area contributed by atoms with E-state index in [1.807, 2.05) is 49.6 Å². The maximum absolute atomic E-state index is 12.6. The van der Waals surface area contributed by atoms with Crippen molar-refractivity contribution >= 4 is 23.6 Å². The Balaban J connectivity index is 1.59. The summed E-state index contributed by atoms with van der Waals surface area (Å²) < 4.78 is 1.96. The van der Waals surface area contributed by atoms with Crippen molar-refractivity contribution in [1.29, 1.82) is 0 Å². The van der Waals surface area contributed by atoms with Crippen LogP contribution < -0.4 is 10.6 Å².